The van der Waals surface area contributed by atoms with E-state index in [-0.39, 0.29) is 0 Å². The molecule has 2 heterocycles. The average molecular weight is 252 g/mol. The first-order valence-corrected chi connectivity index (χ1v) is 7.31. The van der Waals surface area contributed by atoms with E-state index in [1.807, 2.05) is 6.26 Å². The summed E-state index contributed by atoms with van der Waals surface area (Å²) in [6.45, 7) is 6.48. The lowest BCUT2D eigenvalue weighted by atomic mass is 10.3. The van der Waals surface area contributed by atoms with Gasteiger partial charge in [0, 0.05) is 37.9 Å². The molecule has 17 heavy (non-hydrogen) atoms. The van der Waals surface area contributed by atoms with Crippen molar-refractivity contribution >= 4 is 17.6 Å². The van der Waals surface area contributed by atoms with E-state index >= 15 is 0 Å². The van der Waals surface area contributed by atoms with Gasteiger partial charge in [0.15, 0.2) is 5.16 Å². The normalized spacial score (nSPS) is 17.5. The Balaban J connectivity index is 2.19. The minimum Gasteiger partial charge on any atom is -0.354 e. The molecule has 0 atom stereocenters. The smallest absolute Gasteiger partial charge is 0.189 e. The predicted octanol–water partition coefficient (Wildman–Crippen LogP) is 1.51. The molecule has 0 bridgehead atoms. The fraction of sp³-hybridized carbons (Fsp3) is 0.667. The van der Waals surface area contributed by atoms with Gasteiger partial charge in [-0.1, -0.05) is 18.7 Å². The van der Waals surface area contributed by atoms with Crippen molar-refractivity contribution in [3.05, 3.63) is 11.8 Å². The number of likely N-dealkylation sites (N-methyl/N-ethyl adjacent to an activating group) is 1. The summed E-state index contributed by atoms with van der Waals surface area (Å²) < 4.78 is 0. The van der Waals surface area contributed by atoms with Crippen LogP contribution in [0.3, 0.4) is 0 Å². The highest BCUT2D eigenvalue weighted by Gasteiger charge is 2.16. The summed E-state index contributed by atoms with van der Waals surface area (Å²) in [4.78, 5) is 13.8. The summed E-state index contributed by atoms with van der Waals surface area (Å²) >= 11 is 1.62. The molecule has 0 saturated carbocycles. The van der Waals surface area contributed by atoms with Gasteiger partial charge in [0.1, 0.15) is 5.82 Å². The molecule has 1 aliphatic rings. The number of hydrogen-bond donors (Lipinski definition) is 0. The van der Waals surface area contributed by atoms with E-state index in [0.29, 0.717) is 0 Å². The number of rotatable bonds is 3. The van der Waals surface area contributed by atoms with Crippen molar-refractivity contribution in [3.8, 4) is 0 Å². The highest BCUT2D eigenvalue weighted by Crippen LogP contribution is 2.19. The van der Waals surface area contributed by atoms with Crippen LogP contribution in [0.2, 0.25) is 0 Å². The number of aromatic nitrogens is 2. The number of thioether (sulfide) groups is 1. The SMILES string of the molecule is CCc1cc(N2CCN(C)CC2)nc(SC)n1. The molecule has 1 fully saturated rings. The van der Waals surface area contributed by atoms with Gasteiger partial charge in [-0.05, 0) is 19.7 Å². The predicted molar refractivity (Wildman–Crippen MR) is 72.9 cm³/mol. The van der Waals surface area contributed by atoms with E-state index in [2.05, 4.69) is 39.8 Å². The molecule has 94 valence electrons. The maximum atomic E-state index is 4.61. The van der Waals surface area contributed by atoms with Crippen LogP contribution in [0.4, 0.5) is 5.82 Å². The van der Waals surface area contributed by atoms with E-state index in [9.17, 15) is 0 Å². The largest absolute Gasteiger partial charge is 0.354 e. The van der Waals surface area contributed by atoms with E-state index in [1.165, 1.54) is 0 Å². The monoisotopic (exact) mass is 252 g/mol. The second-order valence-corrected chi connectivity index (χ2v) is 5.12. The molecule has 1 aromatic rings. The van der Waals surface area contributed by atoms with E-state index in [0.717, 1.165) is 49.3 Å². The van der Waals surface area contributed by atoms with Crippen molar-refractivity contribution in [2.75, 3.05) is 44.4 Å². The van der Waals surface area contributed by atoms with Gasteiger partial charge in [0.05, 0.1) is 0 Å². The minimum absolute atomic E-state index is 0.887. The molecule has 4 nitrogen and oxygen atoms in total. The molecule has 1 saturated heterocycles. The molecule has 1 aromatic heterocycles. The zero-order chi connectivity index (χ0) is 12.3. The molecule has 1 aliphatic heterocycles. The second-order valence-electron chi connectivity index (χ2n) is 4.35. The van der Waals surface area contributed by atoms with Gasteiger partial charge in [0.2, 0.25) is 0 Å². The zero-order valence-corrected chi connectivity index (χ0v) is 11.6. The maximum absolute atomic E-state index is 4.61. The first kappa shape index (κ1) is 12.6. The van der Waals surface area contributed by atoms with Crippen LogP contribution in [0.25, 0.3) is 0 Å². The van der Waals surface area contributed by atoms with Gasteiger partial charge in [0.25, 0.3) is 0 Å². The van der Waals surface area contributed by atoms with Crippen LogP contribution in [0.15, 0.2) is 11.2 Å². The molecular weight excluding hydrogens is 232 g/mol. The average Bonchev–Trinajstić information content (AvgIpc) is 2.39. The molecular formula is C12H20N4S. The molecule has 0 spiro atoms. The Morgan fingerprint density at radius 2 is 1.94 bits per heavy atom. The Kier molecular flexibility index (Phi) is 4.23. The summed E-state index contributed by atoms with van der Waals surface area (Å²) in [5, 5.41) is 0.887. The van der Waals surface area contributed by atoms with Crippen molar-refractivity contribution < 1.29 is 0 Å². The van der Waals surface area contributed by atoms with E-state index in [4.69, 9.17) is 0 Å². The summed E-state index contributed by atoms with van der Waals surface area (Å²) in [5.41, 5.74) is 1.14. The zero-order valence-electron chi connectivity index (χ0n) is 10.8. The third-order valence-electron chi connectivity index (χ3n) is 3.12. The highest BCUT2D eigenvalue weighted by molar-refractivity contribution is 7.98. The summed E-state index contributed by atoms with van der Waals surface area (Å²) in [7, 11) is 2.17. The van der Waals surface area contributed by atoms with Crippen LogP contribution in [-0.4, -0.2) is 54.4 Å². The third kappa shape index (κ3) is 3.10. The van der Waals surface area contributed by atoms with Gasteiger partial charge in [-0.3, -0.25) is 0 Å². The number of piperazine rings is 1. The molecule has 5 heteroatoms. The van der Waals surface area contributed by atoms with Gasteiger partial charge in [-0.25, -0.2) is 9.97 Å². The highest BCUT2D eigenvalue weighted by atomic mass is 32.2. The quantitative estimate of drug-likeness (QED) is 0.601. The van der Waals surface area contributed by atoms with Crippen LogP contribution in [0.1, 0.15) is 12.6 Å². The Bertz CT molecular complexity index is 353. The summed E-state index contributed by atoms with van der Waals surface area (Å²) in [5.74, 6) is 1.09. The fourth-order valence-electron chi connectivity index (χ4n) is 1.93. The maximum Gasteiger partial charge on any atom is 0.189 e. The fourth-order valence-corrected chi connectivity index (χ4v) is 2.32. The number of hydrogen-bond acceptors (Lipinski definition) is 5. The van der Waals surface area contributed by atoms with Crippen molar-refractivity contribution in [2.24, 2.45) is 0 Å². The van der Waals surface area contributed by atoms with Crippen LogP contribution < -0.4 is 4.90 Å². The molecule has 0 amide bonds. The Morgan fingerprint density at radius 1 is 1.24 bits per heavy atom. The summed E-state index contributed by atoms with van der Waals surface area (Å²) in [6.07, 6.45) is 3.00. The van der Waals surface area contributed by atoms with Gasteiger partial charge in [-0.2, -0.15) is 0 Å². The van der Waals surface area contributed by atoms with Crippen molar-refractivity contribution in [2.45, 2.75) is 18.5 Å². The number of aryl methyl sites for hydroxylation is 1. The Hall–Kier alpha value is -0.810. The number of nitrogens with zero attached hydrogens (tertiary/aromatic N) is 4. The van der Waals surface area contributed by atoms with Crippen LogP contribution in [0, 0.1) is 0 Å². The summed E-state index contributed by atoms with van der Waals surface area (Å²) in [6, 6.07) is 2.13. The van der Waals surface area contributed by atoms with Crippen LogP contribution >= 0.6 is 11.8 Å². The molecule has 0 unspecified atom stereocenters. The molecule has 0 N–H and O–H groups in total. The standard InChI is InChI=1S/C12H20N4S/c1-4-10-9-11(14-12(13-10)17-3)16-7-5-15(2)6-8-16/h9H,4-8H2,1-3H3. The minimum atomic E-state index is 0.887. The lowest BCUT2D eigenvalue weighted by Crippen LogP contribution is -2.44. The van der Waals surface area contributed by atoms with Gasteiger partial charge < -0.3 is 9.80 Å². The third-order valence-corrected chi connectivity index (χ3v) is 3.66. The van der Waals surface area contributed by atoms with Crippen molar-refractivity contribution in [1.29, 1.82) is 0 Å². The van der Waals surface area contributed by atoms with Crippen LogP contribution in [0.5, 0.6) is 0 Å². The molecule has 2 rings (SSSR count). The van der Waals surface area contributed by atoms with Gasteiger partial charge in [-0.15, -0.1) is 0 Å². The molecule has 0 aliphatic carbocycles. The lowest BCUT2D eigenvalue weighted by Gasteiger charge is -2.33. The second kappa shape index (κ2) is 5.69. The Morgan fingerprint density at radius 3 is 2.53 bits per heavy atom. The van der Waals surface area contributed by atoms with E-state index in [1.54, 1.807) is 11.8 Å². The Labute approximate surface area is 107 Å². The van der Waals surface area contributed by atoms with Crippen molar-refractivity contribution in [3.63, 3.8) is 0 Å². The van der Waals surface area contributed by atoms with Crippen molar-refractivity contribution in [1.82, 2.24) is 14.9 Å². The molecule has 0 radical (unpaired) electrons. The lowest BCUT2D eigenvalue weighted by molar-refractivity contribution is 0.311. The van der Waals surface area contributed by atoms with Gasteiger partial charge >= 0.3 is 0 Å². The number of anilines is 1. The first-order chi connectivity index (χ1) is 8.22. The topological polar surface area (TPSA) is 32.3 Å². The first-order valence-electron chi connectivity index (χ1n) is 6.08. The van der Waals surface area contributed by atoms with E-state index < -0.39 is 0 Å². The van der Waals surface area contributed by atoms with Crippen LogP contribution in [-0.2, 0) is 6.42 Å². The molecule has 0 aromatic carbocycles.